The van der Waals surface area contributed by atoms with E-state index >= 15 is 0 Å². The van der Waals surface area contributed by atoms with Gasteiger partial charge < -0.3 is 15.2 Å². The van der Waals surface area contributed by atoms with Gasteiger partial charge in [0, 0.05) is 25.7 Å². The number of nitrogens with zero attached hydrogens (tertiary/aromatic N) is 4. The largest absolute Gasteiger partial charge is 0.383 e. The van der Waals surface area contributed by atoms with Crippen molar-refractivity contribution >= 4 is 22.8 Å². The van der Waals surface area contributed by atoms with Crippen molar-refractivity contribution in [3.63, 3.8) is 0 Å². The van der Waals surface area contributed by atoms with Gasteiger partial charge in [0.25, 0.3) is 0 Å². The number of aryl methyl sites for hydroxylation is 2. The fourth-order valence-corrected chi connectivity index (χ4v) is 3.28. The zero-order valence-corrected chi connectivity index (χ0v) is 13.0. The van der Waals surface area contributed by atoms with E-state index < -0.39 is 0 Å². The average Bonchev–Trinajstić information content (AvgIpc) is 2.65. The lowest BCUT2D eigenvalue weighted by Gasteiger charge is -2.31. The first-order chi connectivity index (χ1) is 9.90. The number of carbonyl (C=O) groups excluding carboxylic acids is 1. The summed E-state index contributed by atoms with van der Waals surface area (Å²) >= 11 is 0. The van der Waals surface area contributed by atoms with Crippen LogP contribution in [0.3, 0.4) is 0 Å². The predicted octanol–water partition coefficient (Wildman–Crippen LogP) is 1.73. The van der Waals surface area contributed by atoms with Crippen LogP contribution in [0.1, 0.15) is 36.0 Å². The summed E-state index contributed by atoms with van der Waals surface area (Å²) in [5, 5.41) is 0.942. The first-order valence-corrected chi connectivity index (χ1v) is 7.25. The maximum absolute atomic E-state index is 11.7. The minimum Gasteiger partial charge on any atom is -0.383 e. The maximum atomic E-state index is 11.7. The predicted molar refractivity (Wildman–Crippen MR) is 82.1 cm³/mol. The molecule has 1 aliphatic heterocycles. The summed E-state index contributed by atoms with van der Waals surface area (Å²) in [4.78, 5) is 22.4. The Balaban J connectivity index is 2.19. The number of fused-ring (bicyclic) bond motifs is 1. The molecule has 0 aliphatic carbocycles. The lowest BCUT2D eigenvalue weighted by atomic mass is 10.1. The second-order valence-electron chi connectivity index (χ2n) is 5.90. The van der Waals surface area contributed by atoms with Gasteiger partial charge in [0.2, 0.25) is 5.91 Å². The molecular formula is C15H21N5O. The molecule has 1 atom stereocenters. The third kappa shape index (κ3) is 2.05. The van der Waals surface area contributed by atoms with Gasteiger partial charge in [-0.05, 0) is 32.8 Å². The summed E-state index contributed by atoms with van der Waals surface area (Å²) in [6.07, 6.45) is 1.43. The molecule has 2 aromatic heterocycles. The van der Waals surface area contributed by atoms with E-state index in [0.29, 0.717) is 24.6 Å². The van der Waals surface area contributed by atoms with Gasteiger partial charge in [-0.1, -0.05) is 0 Å². The van der Waals surface area contributed by atoms with Crippen molar-refractivity contribution in [1.82, 2.24) is 19.4 Å². The summed E-state index contributed by atoms with van der Waals surface area (Å²) in [6.45, 7) is 6.71. The van der Waals surface area contributed by atoms with E-state index in [1.54, 1.807) is 4.90 Å². The molecule has 0 radical (unpaired) electrons. The molecule has 0 bridgehead atoms. The topological polar surface area (TPSA) is 77.0 Å². The molecule has 2 aromatic rings. The number of carbonyl (C=O) groups is 1. The lowest BCUT2D eigenvalue weighted by molar-refractivity contribution is -0.132. The minimum atomic E-state index is 0.211. The van der Waals surface area contributed by atoms with Crippen LogP contribution in [0.15, 0.2) is 0 Å². The normalized spacial score (nSPS) is 19.5. The van der Waals surface area contributed by atoms with Crippen LogP contribution >= 0.6 is 0 Å². The number of anilines is 1. The molecule has 3 rings (SSSR count). The summed E-state index contributed by atoms with van der Waals surface area (Å²) < 4.78 is 2.23. The molecule has 1 aliphatic rings. The van der Waals surface area contributed by atoms with Crippen LogP contribution in [-0.2, 0) is 4.79 Å². The van der Waals surface area contributed by atoms with E-state index in [9.17, 15) is 4.79 Å². The van der Waals surface area contributed by atoms with Crippen molar-refractivity contribution in [2.24, 2.45) is 0 Å². The highest BCUT2D eigenvalue weighted by atomic mass is 16.2. The molecule has 0 saturated carbocycles. The number of nitrogen functional groups attached to an aromatic ring is 1. The molecule has 0 aromatic carbocycles. The van der Waals surface area contributed by atoms with Crippen molar-refractivity contribution in [3.8, 4) is 0 Å². The van der Waals surface area contributed by atoms with Crippen LogP contribution in [0.2, 0.25) is 0 Å². The van der Waals surface area contributed by atoms with Gasteiger partial charge in [-0.3, -0.25) is 4.79 Å². The van der Waals surface area contributed by atoms with Crippen molar-refractivity contribution in [3.05, 3.63) is 17.1 Å². The molecule has 1 unspecified atom stereocenters. The van der Waals surface area contributed by atoms with Crippen LogP contribution in [0.25, 0.3) is 11.0 Å². The van der Waals surface area contributed by atoms with Crippen molar-refractivity contribution in [2.45, 2.75) is 39.7 Å². The summed E-state index contributed by atoms with van der Waals surface area (Å²) in [7, 11) is 1.86. The number of aromatic nitrogens is 3. The second kappa shape index (κ2) is 4.72. The Morgan fingerprint density at radius 1 is 1.24 bits per heavy atom. The van der Waals surface area contributed by atoms with Crippen molar-refractivity contribution in [1.29, 1.82) is 0 Å². The SMILES string of the molecule is Cc1nc(N)c2c(C)c(C)n(C3CCC(=O)N(C)C3)c2n1. The van der Waals surface area contributed by atoms with Crippen LogP contribution in [0.5, 0.6) is 0 Å². The highest BCUT2D eigenvalue weighted by molar-refractivity contribution is 5.91. The Kier molecular flexibility index (Phi) is 3.11. The average molecular weight is 287 g/mol. The molecule has 1 fully saturated rings. The fourth-order valence-electron chi connectivity index (χ4n) is 3.28. The number of likely N-dealkylation sites (N-methyl/N-ethyl adjacent to an activating group) is 1. The Labute approximate surface area is 124 Å². The smallest absolute Gasteiger partial charge is 0.222 e. The zero-order valence-electron chi connectivity index (χ0n) is 13.0. The Morgan fingerprint density at radius 3 is 2.62 bits per heavy atom. The summed E-state index contributed by atoms with van der Waals surface area (Å²) in [5.74, 6) is 1.43. The van der Waals surface area contributed by atoms with Crippen LogP contribution < -0.4 is 5.73 Å². The number of rotatable bonds is 1. The van der Waals surface area contributed by atoms with Gasteiger partial charge in [-0.25, -0.2) is 9.97 Å². The van der Waals surface area contributed by atoms with Crippen LogP contribution in [0.4, 0.5) is 5.82 Å². The van der Waals surface area contributed by atoms with Gasteiger partial charge in [0.1, 0.15) is 17.3 Å². The fraction of sp³-hybridized carbons (Fsp3) is 0.533. The molecule has 6 heteroatoms. The second-order valence-corrected chi connectivity index (χ2v) is 5.90. The summed E-state index contributed by atoms with van der Waals surface area (Å²) in [5.41, 5.74) is 9.27. The van der Waals surface area contributed by atoms with Gasteiger partial charge in [-0.15, -0.1) is 0 Å². The highest BCUT2D eigenvalue weighted by Crippen LogP contribution is 2.33. The Bertz CT molecular complexity index is 733. The van der Waals surface area contributed by atoms with E-state index in [4.69, 9.17) is 5.73 Å². The molecule has 0 spiro atoms. The molecule has 1 saturated heterocycles. The maximum Gasteiger partial charge on any atom is 0.222 e. The van der Waals surface area contributed by atoms with Gasteiger partial charge in [0.05, 0.1) is 11.4 Å². The number of nitrogens with two attached hydrogens (primary N) is 1. The molecule has 2 N–H and O–H groups in total. The Morgan fingerprint density at radius 2 is 1.95 bits per heavy atom. The molecule has 1 amide bonds. The van der Waals surface area contributed by atoms with E-state index in [1.165, 1.54) is 0 Å². The monoisotopic (exact) mass is 287 g/mol. The van der Waals surface area contributed by atoms with E-state index in [-0.39, 0.29) is 11.9 Å². The third-order valence-corrected chi connectivity index (χ3v) is 4.50. The lowest BCUT2D eigenvalue weighted by Crippen LogP contribution is -2.38. The molecular weight excluding hydrogens is 266 g/mol. The zero-order chi connectivity index (χ0) is 15.3. The van der Waals surface area contributed by atoms with Crippen LogP contribution in [-0.4, -0.2) is 38.9 Å². The van der Waals surface area contributed by atoms with E-state index in [1.807, 2.05) is 14.0 Å². The molecule has 112 valence electrons. The van der Waals surface area contributed by atoms with Gasteiger partial charge in [0.15, 0.2) is 0 Å². The van der Waals surface area contributed by atoms with Crippen LogP contribution in [0, 0.1) is 20.8 Å². The Hall–Kier alpha value is -2.11. The van der Waals surface area contributed by atoms with E-state index in [0.717, 1.165) is 28.7 Å². The van der Waals surface area contributed by atoms with E-state index in [2.05, 4.69) is 28.4 Å². The molecule has 6 nitrogen and oxygen atoms in total. The minimum absolute atomic E-state index is 0.211. The van der Waals surface area contributed by atoms with Crippen molar-refractivity contribution in [2.75, 3.05) is 19.3 Å². The first kappa shape index (κ1) is 13.9. The number of hydrogen-bond acceptors (Lipinski definition) is 4. The third-order valence-electron chi connectivity index (χ3n) is 4.50. The van der Waals surface area contributed by atoms with Gasteiger partial charge in [-0.2, -0.15) is 0 Å². The number of hydrogen-bond donors (Lipinski definition) is 1. The number of piperidine rings is 1. The molecule has 3 heterocycles. The quantitative estimate of drug-likeness (QED) is 0.866. The highest BCUT2D eigenvalue weighted by Gasteiger charge is 2.28. The first-order valence-electron chi connectivity index (χ1n) is 7.25. The molecule has 21 heavy (non-hydrogen) atoms. The number of likely N-dealkylation sites (tertiary alicyclic amines) is 1. The van der Waals surface area contributed by atoms with Gasteiger partial charge >= 0.3 is 0 Å². The number of amides is 1. The van der Waals surface area contributed by atoms with Crippen molar-refractivity contribution < 1.29 is 4.79 Å². The standard InChI is InChI=1S/C15H21N5O/c1-8-9(2)20(11-5-6-12(21)19(4)7-11)15-13(8)14(16)17-10(3)18-15/h11H,5-7H2,1-4H3,(H2,16,17,18). The summed E-state index contributed by atoms with van der Waals surface area (Å²) in [6, 6.07) is 0.248.